The van der Waals surface area contributed by atoms with Crippen molar-refractivity contribution in [2.45, 2.75) is 32.4 Å². The van der Waals surface area contributed by atoms with E-state index in [1.807, 2.05) is 0 Å². The molecule has 1 atom stereocenters. The molecule has 7 nitrogen and oxygen atoms in total. The van der Waals surface area contributed by atoms with Crippen molar-refractivity contribution in [3.8, 4) is 11.5 Å². The summed E-state index contributed by atoms with van der Waals surface area (Å²) in [5, 5.41) is 11.7. The zero-order valence-electron chi connectivity index (χ0n) is 12.0. The molecule has 0 fully saturated rings. The molecule has 114 valence electrons. The Bertz CT molecular complexity index is 563. The lowest BCUT2D eigenvalue weighted by molar-refractivity contribution is -0.139. The van der Waals surface area contributed by atoms with Gasteiger partial charge in [-0.3, -0.25) is 0 Å². The molecule has 1 aromatic carbocycles. The van der Waals surface area contributed by atoms with E-state index in [1.165, 1.54) is 0 Å². The fourth-order valence-electron chi connectivity index (χ4n) is 1.88. The topological polar surface area (TPSA) is 94.1 Å². The van der Waals surface area contributed by atoms with E-state index in [9.17, 15) is 14.7 Å². The second kappa shape index (κ2) is 5.51. The monoisotopic (exact) mass is 295 g/mol. The molecule has 0 saturated carbocycles. The first-order valence-corrected chi connectivity index (χ1v) is 6.39. The molecule has 0 aromatic heterocycles. The molecule has 21 heavy (non-hydrogen) atoms. The predicted octanol–water partition coefficient (Wildman–Crippen LogP) is 2.07. The molecule has 0 unspecified atom stereocenters. The molecule has 0 radical (unpaired) electrons. The van der Waals surface area contributed by atoms with Gasteiger partial charge in [0.05, 0.1) is 0 Å². The molecule has 1 aliphatic rings. The average molecular weight is 295 g/mol. The van der Waals surface area contributed by atoms with Crippen LogP contribution in [0, 0.1) is 0 Å². The number of ether oxygens (including phenoxy) is 3. The number of fused-ring (bicyclic) bond motifs is 1. The second-order valence-corrected chi connectivity index (χ2v) is 5.50. The fourth-order valence-corrected chi connectivity index (χ4v) is 1.88. The number of carbonyl (C=O) groups is 2. The highest BCUT2D eigenvalue weighted by atomic mass is 16.7. The number of alkyl carbamates (subject to hydrolysis) is 1. The molecule has 1 amide bonds. The Morgan fingerprint density at radius 1 is 1.33 bits per heavy atom. The van der Waals surface area contributed by atoms with Gasteiger partial charge < -0.3 is 24.6 Å². The number of carbonyl (C=O) groups excluding carboxylic acids is 1. The van der Waals surface area contributed by atoms with Crippen molar-refractivity contribution in [1.82, 2.24) is 5.32 Å². The van der Waals surface area contributed by atoms with E-state index in [0.29, 0.717) is 17.1 Å². The minimum absolute atomic E-state index is 0.0190. The number of amides is 1. The number of hydrogen-bond donors (Lipinski definition) is 2. The van der Waals surface area contributed by atoms with E-state index in [0.717, 1.165) is 0 Å². The van der Waals surface area contributed by atoms with Gasteiger partial charge in [-0.1, -0.05) is 12.1 Å². The number of para-hydroxylation sites is 1. The molecule has 1 aliphatic heterocycles. The Morgan fingerprint density at radius 2 is 2.05 bits per heavy atom. The SMILES string of the molecule is CC(C)(C)OC(=O)N[C@H](C(=O)O)c1cccc2c1OCO2. The summed E-state index contributed by atoms with van der Waals surface area (Å²) in [6, 6.07) is 3.58. The van der Waals surface area contributed by atoms with Crippen LogP contribution in [0.2, 0.25) is 0 Å². The molecular formula is C14H17NO6. The summed E-state index contributed by atoms with van der Waals surface area (Å²) < 4.78 is 15.5. The molecule has 7 heteroatoms. The van der Waals surface area contributed by atoms with Gasteiger partial charge in [0.1, 0.15) is 5.60 Å². The van der Waals surface area contributed by atoms with Crippen LogP contribution in [-0.4, -0.2) is 29.6 Å². The van der Waals surface area contributed by atoms with E-state index in [2.05, 4.69) is 5.32 Å². The van der Waals surface area contributed by atoms with Gasteiger partial charge in [0.15, 0.2) is 17.5 Å². The number of aliphatic carboxylic acids is 1. The van der Waals surface area contributed by atoms with E-state index >= 15 is 0 Å². The Morgan fingerprint density at radius 3 is 2.67 bits per heavy atom. The van der Waals surface area contributed by atoms with Crippen molar-refractivity contribution in [2.75, 3.05) is 6.79 Å². The second-order valence-electron chi connectivity index (χ2n) is 5.50. The maximum atomic E-state index is 11.8. The summed E-state index contributed by atoms with van der Waals surface area (Å²) in [4.78, 5) is 23.2. The fraction of sp³-hybridized carbons (Fsp3) is 0.429. The number of rotatable bonds is 3. The van der Waals surface area contributed by atoms with Crippen LogP contribution < -0.4 is 14.8 Å². The van der Waals surface area contributed by atoms with Crippen molar-refractivity contribution < 1.29 is 28.9 Å². The number of hydrogen-bond acceptors (Lipinski definition) is 5. The van der Waals surface area contributed by atoms with Crippen molar-refractivity contribution in [3.63, 3.8) is 0 Å². The van der Waals surface area contributed by atoms with Crippen molar-refractivity contribution >= 4 is 12.1 Å². The molecule has 2 N–H and O–H groups in total. The van der Waals surface area contributed by atoms with Crippen LogP contribution in [-0.2, 0) is 9.53 Å². The van der Waals surface area contributed by atoms with Gasteiger partial charge >= 0.3 is 12.1 Å². The number of carboxylic acid groups (broad SMARTS) is 1. The van der Waals surface area contributed by atoms with Gasteiger partial charge in [0, 0.05) is 5.56 Å². The largest absolute Gasteiger partial charge is 0.479 e. The van der Waals surface area contributed by atoms with Crippen LogP contribution >= 0.6 is 0 Å². The normalized spacial score (nSPS) is 14.4. The third-order valence-corrected chi connectivity index (χ3v) is 2.65. The predicted molar refractivity (Wildman–Crippen MR) is 72.3 cm³/mol. The maximum absolute atomic E-state index is 11.8. The molecular weight excluding hydrogens is 278 g/mol. The quantitative estimate of drug-likeness (QED) is 0.886. The summed E-state index contributed by atoms with van der Waals surface area (Å²) in [6.45, 7) is 5.10. The first kappa shape index (κ1) is 15.0. The zero-order chi connectivity index (χ0) is 15.6. The molecule has 0 spiro atoms. The first-order valence-electron chi connectivity index (χ1n) is 6.39. The van der Waals surface area contributed by atoms with E-state index in [-0.39, 0.29) is 6.79 Å². The van der Waals surface area contributed by atoms with Gasteiger partial charge in [-0.15, -0.1) is 0 Å². The highest BCUT2D eigenvalue weighted by molar-refractivity contribution is 5.82. The van der Waals surface area contributed by atoms with Crippen LogP contribution in [0.5, 0.6) is 11.5 Å². The highest BCUT2D eigenvalue weighted by Crippen LogP contribution is 2.38. The Hall–Kier alpha value is -2.44. The molecule has 0 saturated heterocycles. The lowest BCUT2D eigenvalue weighted by Gasteiger charge is -2.22. The average Bonchev–Trinajstić information content (AvgIpc) is 2.81. The van der Waals surface area contributed by atoms with Gasteiger partial charge in [0.2, 0.25) is 6.79 Å². The van der Waals surface area contributed by atoms with Gasteiger partial charge in [-0.2, -0.15) is 0 Å². The maximum Gasteiger partial charge on any atom is 0.408 e. The third-order valence-electron chi connectivity index (χ3n) is 2.65. The van der Waals surface area contributed by atoms with E-state index in [4.69, 9.17) is 14.2 Å². The van der Waals surface area contributed by atoms with Crippen LogP contribution in [0.25, 0.3) is 0 Å². The standard InChI is InChI=1S/C14H17NO6/c1-14(2,3)21-13(18)15-10(12(16)17)8-5-4-6-9-11(8)20-7-19-9/h4-6,10H,7H2,1-3H3,(H,15,18)(H,16,17)/t10-/m0/s1. The zero-order valence-corrected chi connectivity index (χ0v) is 12.0. The van der Waals surface area contributed by atoms with Crippen molar-refractivity contribution in [3.05, 3.63) is 23.8 Å². The lowest BCUT2D eigenvalue weighted by Crippen LogP contribution is -2.38. The van der Waals surface area contributed by atoms with Crippen LogP contribution in [0.1, 0.15) is 32.4 Å². The van der Waals surface area contributed by atoms with Gasteiger partial charge in [-0.25, -0.2) is 9.59 Å². The van der Waals surface area contributed by atoms with E-state index in [1.54, 1.807) is 39.0 Å². The molecule has 0 aliphatic carbocycles. The molecule has 1 aromatic rings. The Kier molecular flexibility index (Phi) is 3.93. The minimum atomic E-state index is -1.28. The third kappa shape index (κ3) is 3.56. The molecule has 1 heterocycles. The molecule has 2 rings (SSSR count). The van der Waals surface area contributed by atoms with Gasteiger partial charge in [-0.05, 0) is 26.8 Å². The summed E-state index contributed by atoms with van der Waals surface area (Å²) in [6.07, 6.45) is -0.814. The molecule has 0 bridgehead atoms. The Balaban J connectivity index is 2.23. The number of benzene rings is 1. The summed E-state index contributed by atoms with van der Waals surface area (Å²) in [5.41, 5.74) is -0.408. The van der Waals surface area contributed by atoms with Crippen molar-refractivity contribution in [2.24, 2.45) is 0 Å². The van der Waals surface area contributed by atoms with Crippen molar-refractivity contribution in [1.29, 1.82) is 0 Å². The lowest BCUT2D eigenvalue weighted by atomic mass is 10.1. The summed E-state index contributed by atoms with van der Waals surface area (Å²) in [7, 11) is 0. The van der Waals surface area contributed by atoms with Gasteiger partial charge in [0.25, 0.3) is 0 Å². The smallest absolute Gasteiger partial charge is 0.408 e. The Labute approximate surface area is 121 Å². The van der Waals surface area contributed by atoms with Crippen LogP contribution in [0.3, 0.4) is 0 Å². The number of carboxylic acids is 1. The minimum Gasteiger partial charge on any atom is -0.479 e. The highest BCUT2D eigenvalue weighted by Gasteiger charge is 2.30. The van der Waals surface area contributed by atoms with E-state index < -0.39 is 23.7 Å². The number of nitrogens with one attached hydrogen (secondary N) is 1. The van der Waals surface area contributed by atoms with Crippen LogP contribution in [0.4, 0.5) is 4.79 Å². The van der Waals surface area contributed by atoms with Crippen LogP contribution in [0.15, 0.2) is 18.2 Å². The summed E-state index contributed by atoms with van der Waals surface area (Å²) >= 11 is 0. The first-order chi connectivity index (χ1) is 9.78. The summed E-state index contributed by atoms with van der Waals surface area (Å²) in [5.74, 6) is -0.449.